The zero-order valence-corrected chi connectivity index (χ0v) is 17.5. The number of rotatable bonds is 5. The van der Waals surface area contributed by atoms with Crippen LogP contribution in [-0.2, 0) is 9.59 Å². The summed E-state index contributed by atoms with van der Waals surface area (Å²) in [6, 6.07) is 13.1. The fourth-order valence-electron chi connectivity index (χ4n) is 4.97. The predicted molar refractivity (Wildman–Crippen MR) is 115 cm³/mol. The van der Waals surface area contributed by atoms with Crippen LogP contribution in [0.5, 0.6) is 11.5 Å². The second-order valence-electron chi connectivity index (χ2n) is 9.12. The molecule has 1 aliphatic heterocycles. The van der Waals surface area contributed by atoms with E-state index in [1.165, 1.54) is 25.3 Å². The van der Waals surface area contributed by atoms with E-state index < -0.39 is 5.82 Å². The van der Waals surface area contributed by atoms with E-state index in [1.54, 1.807) is 42.5 Å². The number of carbonyl (C=O) groups excluding carboxylic acids is 2. The lowest BCUT2D eigenvalue weighted by molar-refractivity contribution is -0.137. The van der Waals surface area contributed by atoms with E-state index >= 15 is 0 Å². The minimum absolute atomic E-state index is 0.0169. The van der Waals surface area contributed by atoms with Gasteiger partial charge in [-0.15, -0.1) is 0 Å². The van der Waals surface area contributed by atoms with Gasteiger partial charge < -0.3 is 15.0 Å². The van der Waals surface area contributed by atoms with Crippen LogP contribution in [0.4, 0.5) is 10.1 Å². The van der Waals surface area contributed by atoms with Crippen molar-refractivity contribution in [3.63, 3.8) is 0 Å². The highest BCUT2D eigenvalue weighted by atomic mass is 19.1. The van der Waals surface area contributed by atoms with Gasteiger partial charge in [-0.05, 0) is 73.9 Å². The smallest absolute Gasteiger partial charge is 0.227 e. The molecule has 0 radical (unpaired) electrons. The van der Waals surface area contributed by atoms with Crippen LogP contribution in [0.2, 0.25) is 0 Å². The van der Waals surface area contributed by atoms with Crippen molar-refractivity contribution in [2.24, 2.45) is 17.3 Å². The average Bonchev–Trinajstić information content (AvgIpc) is 3.53. The van der Waals surface area contributed by atoms with Crippen molar-refractivity contribution >= 4 is 17.5 Å². The van der Waals surface area contributed by atoms with Crippen molar-refractivity contribution < 1.29 is 18.7 Å². The summed E-state index contributed by atoms with van der Waals surface area (Å²) < 4.78 is 19.3. The van der Waals surface area contributed by atoms with E-state index in [2.05, 4.69) is 5.32 Å². The minimum Gasteiger partial charge on any atom is -0.454 e. The summed E-state index contributed by atoms with van der Waals surface area (Å²) >= 11 is 0. The highest BCUT2D eigenvalue weighted by molar-refractivity contribution is 5.93. The summed E-state index contributed by atoms with van der Waals surface area (Å²) in [5.41, 5.74) is 1.03. The highest BCUT2D eigenvalue weighted by Gasteiger charge is 2.61. The largest absolute Gasteiger partial charge is 0.454 e. The third kappa shape index (κ3) is 4.03. The number of hydrogen-bond donors (Lipinski definition) is 1. The Hall–Kier alpha value is -2.89. The van der Waals surface area contributed by atoms with Crippen LogP contribution in [0.1, 0.15) is 38.5 Å². The number of piperidine rings is 1. The number of anilines is 1. The lowest BCUT2D eigenvalue weighted by Gasteiger charge is -2.33. The molecule has 6 heteroatoms. The summed E-state index contributed by atoms with van der Waals surface area (Å²) in [6.07, 6.45) is 6.17. The summed E-state index contributed by atoms with van der Waals surface area (Å²) in [7, 11) is 0. The normalized spacial score (nSPS) is 22.0. The van der Waals surface area contributed by atoms with Crippen LogP contribution < -0.4 is 10.1 Å². The molecular formula is C25H27FN2O3. The number of carbonyl (C=O) groups is 2. The Morgan fingerprint density at radius 1 is 1.03 bits per heavy atom. The maximum atomic E-state index is 13.7. The van der Waals surface area contributed by atoms with Crippen LogP contribution >= 0.6 is 0 Å². The molecule has 31 heavy (non-hydrogen) atoms. The van der Waals surface area contributed by atoms with Crippen LogP contribution in [0, 0.1) is 23.1 Å². The second-order valence-corrected chi connectivity index (χ2v) is 9.12. The molecule has 1 spiro atoms. The van der Waals surface area contributed by atoms with Crippen molar-refractivity contribution in [3.8, 4) is 11.5 Å². The summed E-state index contributed by atoms with van der Waals surface area (Å²) in [5, 5.41) is 2.95. The SMILES string of the molecule is O=C(Nc1ccc(Oc2ccccc2F)cc1)C1CCN(C(=O)[C@H]2CC23CCC3)CC1. The van der Waals surface area contributed by atoms with E-state index in [9.17, 15) is 14.0 Å². The van der Waals surface area contributed by atoms with Crippen molar-refractivity contribution in [1.29, 1.82) is 0 Å². The van der Waals surface area contributed by atoms with E-state index in [-0.39, 0.29) is 23.5 Å². The third-order valence-electron chi connectivity index (χ3n) is 7.20. The predicted octanol–water partition coefficient (Wildman–Crippen LogP) is 4.99. The van der Waals surface area contributed by atoms with Gasteiger partial charge in [-0.25, -0.2) is 4.39 Å². The van der Waals surface area contributed by atoms with Gasteiger partial charge in [0.05, 0.1) is 0 Å². The molecular weight excluding hydrogens is 395 g/mol. The molecule has 1 N–H and O–H groups in total. The van der Waals surface area contributed by atoms with Crippen LogP contribution in [0.15, 0.2) is 48.5 Å². The number of nitrogens with zero attached hydrogens (tertiary/aromatic N) is 1. The van der Waals surface area contributed by atoms with Gasteiger partial charge in [-0.1, -0.05) is 18.6 Å². The number of hydrogen-bond acceptors (Lipinski definition) is 3. The van der Waals surface area contributed by atoms with Gasteiger partial charge in [0.25, 0.3) is 0 Å². The van der Waals surface area contributed by atoms with Gasteiger partial charge in [-0.2, -0.15) is 0 Å². The Kier molecular flexibility index (Phi) is 5.16. The summed E-state index contributed by atoms with van der Waals surface area (Å²) in [6.45, 7) is 1.33. The molecule has 0 aromatic heterocycles. The van der Waals surface area contributed by atoms with E-state index in [1.807, 2.05) is 4.90 Å². The quantitative estimate of drug-likeness (QED) is 0.739. The molecule has 3 fully saturated rings. The first-order valence-electron chi connectivity index (χ1n) is 11.2. The molecule has 162 valence electrons. The van der Waals surface area contributed by atoms with Gasteiger partial charge in [0.1, 0.15) is 5.75 Å². The minimum atomic E-state index is -0.422. The molecule has 5 rings (SSSR count). The lowest BCUT2D eigenvalue weighted by atomic mass is 9.79. The second kappa shape index (κ2) is 7.98. The maximum Gasteiger partial charge on any atom is 0.227 e. The molecule has 1 heterocycles. The Bertz CT molecular complexity index is 979. The maximum absolute atomic E-state index is 13.7. The molecule has 5 nitrogen and oxygen atoms in total. The standard InChI is InChI=1S/C25H27FN2O3/c26-21-4-1-2-5-22(21)31-19-8-6-18(7-9-19)27-23(29)17-10-14-28(15-11-17)24(30)20-16-25(20)12-3-13-25/h1-2,4-9,17,20H,3,10-16H2,(H,27,29)/t20-/m1/s1. The molecule has 3 aliphatic rings. The molecule has 0 unspecified atom stereocenters. The number of likely N-dealkylation sites (tertiary alicyclic amines) is 1. The Balaban J connectivity index is 1.11. The highest BCUT2D eigenvalue weighted by Crippen LogP contribution is 2.66. The molecule has 0 bridgehead atoms. The molecule has 2 aliphatic carbocycles. The third-order valence-corrected chi connectivity index (χ3v) is 7.20. The monoisotopic (exact) mass is 422 g/mol. The first-order valence-corrected chi connectivity index (χ1v) is 11.2. The number of halogens is 1. The fourth-order valence-corrected chi connectivity index (χ4v) is 4.97. The number of benzene rings is 2. The molecule has 1 atom stereocenters. The van der Waals surface area contributed by atoms with E-state index in [0.717, 1.165) is 6.42 Å². The topological polar surface area (TPSA) is 58.6 Å². The van der Waals surface area contributed by atoms with Gasteiger partial charge in [0, 0.05) is 30.6 Å². The fraction of sp³-hybridized carbons (Fsp3) is 0.440. The van der Waals surface area contributed by atoms with Crippen molar-refractivity contribution in [3.05, 3.63) is 54.3 Å². The first-order chi connectivity index (χ1) is 15.0. The zero-order valence-electron chi connectivity index (χ0n) is 17.5. The van der Waals surface area contributed by atoms with Crippen molar-refractivity contribution in [1.82, 2.24) is 4.90 Å². The summed E-state index contributed by atoms with van der Waals surface area (Å²) in [5.74, 6) is 0.691. The molecule has 1 saturated heterocycles. The van der Waals surface area contributed by atoms with E-state index in [0.29, 0.717) is 48.7 Å². The van der Waals surface area contributed by atoms with E-state index in [4.69, 9.17) is 4.74 Å². The van der Waals surface area contributed by atoms with Gasteiger partial charge >= 0.3 is 0 Å². The molecule has 2 saturated carbocycles. The average molecular weight is 423 g/mol. The van der Waals surface area contributed by atoms with Crippen LogP contribution in [-0.4, -0.2) is 29.8 Å². The van der Waals surface area contributed by atoms with Crippen molar-refractivity contribution in [2.75, 3.05) is 18.4 Å². The summed E-state index contributed by atoms with van der Waals surface area (Å²) in [4.78, 5) is 27.4. The number of ether oxygens (including phenoxy) is 1. The lowest BCUT2D eigenvalue weighted by Crippen LogP contribution is -2.43. The molecule has 2 aromatic rings. The molecule has 2 aromatic carbocycles. The zero-order chi connectivity index (χ0) is 21.4. The van der Waals surface area contributed by atoms with Gasteiger partial charge in [0.2, 0.25) is 11.8 Å². The van der Waals surface area contributed by atoms with Crippen molar-refractivity contribution in [2.45, 2.75) is 38.5 Å². The number of nitrogens with one attached hydrogen (secondary N) is 1. The van der Waals surface area contributed by atoms with Crippen LogP contribution in [0.3, 0.4) is 0 Å². The first kappa shape index (κ1) is 20.0. The van der Waals surface area contributed by atoms with Gasteiger partial charge in [0.15, 0.2) is 11.6 Å². The Labute approximate surface area is 181 Å². The van der Waals surface area contributed by atoms with Gasteiger partial charge in [-0.3, -0.25) is 9.59 Å². The number of amides is 2. The Morgan fingerprint density at radius 2 is 1.74 bits per heavy atom. The molecule has 2 amide bonds. The van der Waals surface area contributed by atoms with Crippen LogP contribution in [0.25, 0.3) is 0 Å². The number of para-hydroxylation sites is 1. The Morgan fingerprint density at radius 3 is 2.35 bits per heavy atom.